The highest BCUT2D eigenvalue weighted by Gasteiger charge is 2.14. The summed E-state index contributed by atoms with van der Waals surface area (Å²) in [5.41, 5.74) is 1.69. The van der Waals surface area contributed by atoms with Gasteiger partial charge >= 0.3 is 0 Å². The van der Waals surface area contributed by atoms with Crippen LogP contribution in [0.15, 0.2) is 65.2 Å². The Kier molecular flexibility index (Phi) is 5.05. The van der Waals surface area contributed by atoms with Crippen molar-refractivity contribution in [3.63, 3.8) is 0 Å². The molecule has 2 aromatic carbocycles. The average Bonchev–Trinajstić information content (AvgIpc) is 3.05. The molecule has 0 amide bonds. The molecule has 0 saturated carbocycles. The first kappa shape index (κ1) is 16.4. The van der Waals surface area contributed by atoms with Gasteiger partial charge in [0, 0.05) is 12.0 Å². The predicted octanol–water partition coefficient (Wildman–Crippen LogP) is 3.28. The molecule has 0 aliphatic rings. The minimum Gasteiger partial charge on any atom is -0.339 e. The lowest BCUT2D eigenvalue weighted by molar-refractivity contribution is 0.378. The molecule has 3 rings (SSSR count). The molecule has 1 aromatic heterocycles. The van der Waals surface area contributed by atoms with Crippen molar-refractivity contribution in [2.75, 3.05) is 5.75 Å². The van der Waals surface area contributed by atoms with Gasteiger partial charge in [0.15, 0.2) is 9.84 Å². The maximum absolute atomic E-state index is 12.2. The van der Waals surface area contributed by atoms with Gasteiger partial charge in [0.2, 0.25) is 11.7 Å². The average molecular weight is 342 g/mol. The van der Waals surface area contributed by atoms with Crippen molar-refractivity contribution in [3.8, 4) is 11.4 Å². The molecule has 0 fully saturated rings. The first-order valence-corrected chi connectivity index (χ1v) is 9.57. The lowest BCUT2D eigenvalue weighted by Gasteiger charge is -2.03. The molecule has 0 radical (unpaired) electrons. The second-order valence-electron chi connectivity index (χ2n) is 5.56. The Morgan fingerprint density at radius 1 is 0.917 bits per heavy atom. The van der Waals surface area contributed by atoms with Crippen molar-refractivity contribution in [1.29, 1.82) is 0 Å². The quantitative estimate of drug-likeness (QED) is 0.659. The molecule has 3 aromatic rings. The van der Waals surface area contributed by atoms with Crippen LogP contribution in [0.1, 0.15) is 17.9 Å². The van der Waals surface area contributed by atoms with Crippen LogP contribution in [0.25, 0.3) is 11.4 Å². The molecule has 0 unspecified atom stereocenters. The Labute approximate surface area is 141 Å². The van der Waals surface area contributed by atoms with Gasteiger partial charge in [-0.05, 0) is 12.0 Å². The zero-order valence-electron chi connectivity index (χ0n) is 13.1. The topological polar surface area (TPSA) is 73.1 Å². The van der Waals surface area contributed by atoms with Crippen molar-refractivity contribution in [2.24, 2.45) is 0 Å². The highest BCUT2D eigenvalue weighted by atomic mass is 32.2. The standard InChI is InChI=1S/C18H18N2O3S/c21-24(22,14-15-8-3-1-4-9-15)13-7-12-17-19-18(20-23-17)16-10-5-2-6-11-16/h1-6,8-11H,7,12-14H2. The van der Waals surface area contributed by atoms with Gasteiger partial charge < -0.3 is 4.52 Å². The minimum atomic E-state index is -3.14. The fourth-order valence-electron chi connectivity index (χ4n) is 2.40. The molecule has 1 heterocycles. The number of hydrogen-bond donors (Lipinski definition) is 0. The third-order valence-corrected chi connectivity index (χ3v) is 5.26. The lowest BCUT2D eigenvalue weighted by atomic mass is 10.2. The van der Waals surface area contributed by atoms with Gasteiger partial charge in [-0.2, -0.15) is 4.98 Å². The van der Waals surface area contributed by atoms with E-state index < -0.39 is 9.84 Å². The Balaban J connectivity index is 1.54. The molecule has 0 aliphatic carbocycles. The van der Waals surface area contributed by atoms with E-state index in [1.54, 1.807) is 0 Å². The smallest absolute Gasteiger partial charge is 0.226 e. The Hall–Kier alpha value is -2.47. The first-order chi connectivity index (χ1) is 11.6. The van der Waals surface area contributed by atoms with E-state index in [-0.39, 0.29) is 11.5 Å². The molecule has 0 saturated heterocycles. The van der Waals surface area contributed by atoms with Crippen molar-refractivity contribution in [2.45, 2.75) is 18.6 Å². The van der Waals surface area contributed by atoms with Gasteiger partial charge in [0.25, 0.3) is 0 Å². The summed E-state index contributed by atoms with van der Waals surface area (Å²) in [7, 11) is -3.14. The fourth-order valence-corrected chi connectivity index (χ4v) is 3.83. The summed E-state index contributed by atoms with van der Waals surface area (Å²) in [6, 6.07) is 18.7. The van der Waals surface area contributed by atoms with E-state index in [0.717, 1.165) is 11.1 Å². The maximum atomic E-state index is 12.2. The monoisotopic (exact) mass is 342 g/mol. The van der Waals surface area contributed by atoms with E-state index in [2.05, 4.69) is 10.1 Å². The molecule has 5 nitrogen and oxygen atoms in total. The first-order valence-electron chi connectivity index (χ1n) is 7.75. The Bertz CT molecular complexity index is 875. The molecule has 0 N–H and O–H groups in total. The van der Waals surface area contributed by atoms with Crippen LogP contribution in [0.4, 0.5) is 0 Å². The lowest BCUT2D eigenvalue weighted by Crippen LogP contribution is -2.10. The fraction of sp³-hybridized carbons (Fsp3) is 0.222. The van der Waals surface area contributed by atoms with E-state index in [0.29, 0.717) is 24.6 Å². The SMILES string of the molecule is O=S(=O)(CCCc1nc(-c2ccccc2)no1)Cc1ccccc1. The summed E-state index contributed by atoms with van der Waals surface area (Å²) in [5, 5.41) is 3.93. The van der Waals surface area contributed by atoms with Crippen LogP contribution in [-0.2, 0) is 22.0 Å². The number of rotatable bonds is 7. The zero-order valence-corrected chi connectivity index (χ0v) is 13.9. The molecular weight excluding hydrogens is 324 g/mol. The van der Waals surface area contributed by atoms with Gasteiger partial charge in [0.05, 0.1) is 11.5 Å². The van der Waals surface area contributed by atoms with Crippen LogP contribution in [0.2, 0.25) is 0 Å². The van der Waals surface area contributed by atoms with E-state index in [9.17, 15) is 8.42 Å². The van der Waals surface area contributed by atoms with E-state index in [4.69, 9.17) is 4.52 Å². The molecule has 0 aliphatic heterocycles. The summed E-state index contributed by atoms with van der Waals surface area (Å²) < 4.78 is 29.5. The second-order valence-corrected chi connectivity index (χ2v) is 7.74. The normalized spacial score (nSPS) is 11.5. The third kappa shape index (κ3) is 4.52. The van der Waals surface area contributed by atoms with Gasteiger partial charge in [0.1, 0.15) is 0 Å². The van der Waals surface area contributed by atoms with Crippen LogP contribution in [0.5, 0.6) is 0 Å². The number of sulfone groups is 1. The molecule has 24 heavy (non-hydrogen) atoms. The highest BCUT2D eigenvalue weighted by Crippen LogP contribution is 2.16. The number of aromatic nitrogens is 2. The van der Waals surface area contributed by atoms with Crippen molar-refractivity contribution in [1.82, 2.24) is 10.1 Å². The zero-order chi connectivity index (χ0) is 16.8. The summed E-state index contributed by atoms with van der Waals surface area (Å²) in [6.07, 6.45) is 0.916. The molecular formula is C18H18N2O3S. The summed E-state index contributed by atoms with van der Waals surface area (Å²) in [6.45, 7) is 0. The molecule has 0 atom stereocenters. The number of hydrogen-bond acceptors (Lipinski definition) is 5. The summed E-state index contributed by atoms with van der Waals surface area (Å²) in [5.74, 6) is 1.15. The molecule has 124 valence electrons. The van der Waals surface area contributed by atoms with Crippen molar-refractivity contribution < 1.29 is 12.9 Å². The van der Waals surface area contributed by atoms with Crippen LogP contribution in [-0.4, -0.2) is 24.3 Å². The molecule has 6 heteroatoms. The van der Waals surface area contributed by atoms with Crippen LogP contribution in [0.3, 0.4) is 0 Å². The third-order valence-electron chi connectivity index (χ3n) is 3.58. The van der Waals surface area contributed by atoms with Crippen LogP contribution in [0, 0.1) is 0 Å². The van der Waals surface area contributed by atoms with Crippen LogP contribution >= 0.6 is 0 Å². The van der Waals surface area contributed by atoms with Crippen LogP contribution < -0.4 is 0 Å². The predicted molar refractivity (Wildman–Crippen MR) is 92.0 cm³/mol. The van der Waals surface area contributed by atoms with Crippen molar-refractivity contribution >= 4 is 9.84 Å². The highest BCUT2D eigenvalue weighted by molar-refractivity contribution is 7.90. The number of benzene rings is 2. The summed E-state index contributed by atoms with van der Waals surface area (Å²) in [4.78, 5) is 4.31. The minimum absolute atomic E-state index is 0.0624. The van der Waals surface area contributed by atoms with E-state index >= 15 is 0 Å². The van der Waals surface area contributed by atoms with Gasteiger partial charge in [-0.1, -0.05) is 65.8 Å². The largest absolute Gasteiger partial charge is 0.339 e. The molecule has 0 spiro atoms. The van der Waals surface area contributed by atoms with Gasteiger partial charge in [-0.3, -0.25) is 0 Å². The van der Waals surface area contributed by atoms with E-state index in [1.807, 2.05) is 60.7 Å². The Morgan fingerprint density at radius 2 is 1.58 bits per heavy atom. The maximum Gasteiger partial charge on any atom is 0.226 e. The molecule has 0 bridgehead atoms. The van der Waals surface area contributed by atoms with Gasteiger partial charge in [-0.25, -0.2) is 8.42 Å². The Morgan fingerprint density at radius 3 is 2.29 bits per heavy atom. The second kappa shape index (κ2) is 7.40. The number of aryl methyl sites for hydroxylation is 1. The van der Waals surface area contributed by atoms with Gasteiger partial charge in [-0.15, -0.1) is 0 Å². The summed E-state index contributed by atoms with van der Waals surface area (Å²) >= 11 is 0. The van der Waals surface area contributed by atoms with Crippen molar-refractivity contribution in [3.05, 3.63) is 72.1 Å². The van der Waals surface area contributed by atoms with E-state index in [1.165, 1.54) is 0 Å². The number of nitrogens with zero attached hydrogens (tertiary/aromatic N) is 2.